The lowest BCUT2D eigenvalue weighted by atomic mass is 9.74. The Labute approximate surface area is 138 Å². The number of rotatable bonds is 4. The van der Waals surface area contributed by atoms with Gasteiger partial charge in [0.15, 0.2) is 0 Å². The lowest BCUT2D eigenvalue weighted by molar-refractivity contribution is -0.138. The maximum atomic E-state index is 12.7. The van der Waals surface area contributed by atoms with Crippen molar-refractivity contribution in [1.82, 2.24) is 10.2 Å². The Morgan fingerprint density at radius 3 is 2.52 bits per heavy atom. The first-order chi connectivity index (χ1) is 10.8. The number of carbonyl (C=O) groups is 2. The SMILES string of the molecule is CNC(=O)c1ccc(CN(C)C(=O)C2CCCCC2(C)N)cc1. The number of hydrogen-bond donors (Lipinski definition) is 2. The number of hydrogen-bond acceptors (Lipinski definition) is 3. The zero-order valence-corrected chi connectivity index (χ0v) is 14.3. The molecule has 1 fully saturated rings. The van der Waals surface area contributed by atoms with E-state index in [-0.39, 0.29) is 17.7 Å². The number of nitrogens with two attached hydrogens (primary N) is 1. The summed E-state index contributed by atoms with van der Waals surface area (Å²) in [6.45, 7) is 2.51. The lowest BCUT2D eigenvalue weighted by Crippen LogP contribution is -2.53. The summed E-state index contributed by atoms with van der Waals surface area (Å²) in [6.07, 6.45) is 3.93. The van der Waals surface area contributed by atoms with Crippen LogP contribution in [-0.2, 0) is 11.3 Å². The van der Waals surface area contributed by atoms with E-state index in [1.54, 1.807) is 24.1 Å². The minimum absolute atomic E-state index is 0.105. The molecular formula is C18H27N3O2. The van der Waals surface area contributed by atoms with Gasteiger partial charge in [0.25, 0.3) is 5.91 Å². The monoisotopic (exact) mass is 317 g/mol. The normalized spacial score (nSPS) is 24.1. The Bertz CT molecular complexity index is 566. The Kier molecular flexibility index (Phi) is 5.42. The van der Waals surface area contributed by atoms with Crippen LogP contribution in [0.1, 0.15) is 48.5 Å². The highest BCUT2D eigenvalue weighted by atomic mass is 16.2. The third-order valence-electron chi connectivity index (χ3n) is 4.79. The summed E-state index contributed by atoms with van der Waals surface area (Å²) in [4.78, 5) is 26.0. The van der Waals surface area contributed by atoms with Crippen LogP contribution < -0.4 is 11.1 Å². The lowest BCUT2D eigenvalue weighted by Gasteiger charge is -2.39. The van der Waals surface area contributed by atoms with Crippen LogP contribution in [0.4, 0.5) is 0 Å². The standard InChI is InChI=1S/C18H27N3O2/c1-18(19)11-5-4-6-15(18)17(23)21(3)12-13-7-9-14(10-8-13)16(22)20-2/h7-10,15H,4-6,11-12,19H2,1-3H3,(H,20,22). The Hall–Kier alpha value is -1.88. The van der Waals surface area contributed by atoms with E-state index in [4.69, 9.17) is 5.73 Å². The third kappa shape index (κ3) is 4.10. The van der Waals surface area contributed by atoms with Crippen LogP contribution in [0.2, 0.25) is 0 Å². The molecular weight excluding hydrogens is 290 g/mol. The summed E-state index contributed by atoms with van der Waals surface area (Å²) < 4.78 is 0. The molecule has 1 aliphatic rings. The van der Waals surface area contributed by atoms with Crippen molar-refractivity contribution in [2.45, 2.75) is 44.7 Å². The highest BCUT2D eigenvalue weighted by Crippen LogP contribution is 2.32. The topological polar surface area (TPSA) is 75.4 Å². The summed E-state index contributed by atoms with van der Waals surface area (Å²) in [6, 6.07) is 7.33. The molecule has 5 nitrogen and oxygen atoms in total. The molecule has 2 amide bonds. The van der Waals surface area contributed by atoms with Crippen molar-refractivity contribution in [2.75, 3.05) is 14.1 Å². The summed E-state index contributed by atoms with van der Waals surface area (Å²) >= 11 is 0. The van der Waals surface area contributed by atoms with Crippen LogP contribution in [0.5, 0.6) is 0 Å². The van der Waals surface area contributed by atoms with Gasteiger partial charge in [0, 0.05) is 31.7 Å². The second kappa shape index (κ2) is 7.13. The molecule has 0 aliphatic heterocycles. The fourth-order valence-electron chi connectivity index (χ4n) is 3.29. The highest BCUT2D eigenvalue weighted by molar-refractivity contribution is 5.93. The van der Waals surface area contributed by atoms with E-state index in [0.717, 1.165) is 31.2 Å². The summed E-state index contributed by atoms with van der Waals surface area (Å²) in [5, 5.41) is 2.59. The van der Waals surface area contributed by atoms with E-state index in [9.17, 15) is 9.59 Å². The molecule has 2 rings (SSSR count). The van der Waals surface area contributed by atoms with Crippen LogP contribution in [-0.4, -0.2) is 36.3 Å². The maximum absolute atomic E-state index is 12.7. The van der Waals surface area contributed by atoms with Gasteiger partial charge in [-0.3, -0.25) is 9.59 Å². The summed E-state index contributed by atoms with van der Waals surface area (Å²) in [5.41, 5.74) is 7.54. The molecule has 5 heteroatoms. The number of nitrogens with zero attached hydrogens (tertiary/aromatic N) is 1. The first-order valence-electron chi connectivity index (χ1n) is 8.20. The average molecular weight is 317 g/mol. The molecule has 0 spiro atoms. The number of nitrogens with one attached hydrogen (secondary N) is 1. The van der Waals surface area contributed by atoms with Crippen molar-refractivity contribution < 1.29 is 9.59 Å². The molecule has 0 radical (unpaired) electrons. The molecule has 1 aromatic rings. The van der Waals surface area contributed by atoms with Crippen LogP contribution >= 0.6 is 0 Å². The Balaban J connectivity index is 2.02. The van der Waals surface area contributed by atoms with Crippen molar-refractivity contribution in [3.8, 4) is 0 Å². The largest absolute Gasteiger partial charge is 0.355 e. The van der Waals surface area contributed by atoms with Crippen molar-refractivity contribution in [3.05, 3.63) is 35.4 Å². The number of amides is 2. The average Bonchev–Trinajstić information content (AvgIpc) is 2.53. The second-order valence-corrected chi connectivity index (χ2v) is 6.77. The molecule has 1 aromatic carbocycles. The van der Waals surface area contributed by atoms with Gasteiger partial charge in [-0.25, -0.2) is 0 Å². The van der Waals surface area contributed by atoms with Crippen molar-refractivity contribution in [1.29, 1.82) is 0 Å². The number of benzene rings is 1. The predicted molar refractivity (Wildman–Crippen MR) is 90.9 cm³/mol. The van der Waals surface area contributed by atoms with E-state index in [0.29, 0.717) is 12.1 Å². The fourth-order valence-corrected chi connectivity index (χ4v) is 3.29. The van der Waals surface area contributed by atoms with Crippen molar-refractivity contribution in [2.24, 2.45) is 11.7 Å². The highest BCUT2D eigenvalue weighted by Gasteiger charge is 2.38. The molecule has 1 saturated carbocycles. The van der Waals surface area contributed by atoms with Gasteiger partial charge in [-0.1, -0.05) is 25.0 Å². The van der Waals surface area contributed by atoms with Gasteiger partial charge in [-0.2, -0.15) is 0 Å². The fraction of sp³-hybridized carbons (Fsp3) is 0.556. The molecule has 3 N–H and O–H groups in total. The van der Waals surface area contributed by atoms with Crippen molar-refractivity contribution >= 4 is 11.8 Å². The molecule has 126 valence electrons. The minimum atomic E-state index is -0.410. The number of carbonyl (C=O) groups excluding carboxylic acids is 2. The van der Waals surface area contributed by atoms with Crippen LogP contribution in [0.15, 0.2) is 24.3 Å². The maximum Gasteiger partial charge on any atom is 0.251 e. The predicted octanol–water partition coefficient (Wildman–Crippen LogP) is 1.91. The molecule has 0 heterocycles. The van der Waals surface area contributed by atoms with Gasteiger partial charge in [-0.05, 0) is 37.5 Å². The first-order valence-corrected chi connectivity index (χ1v) is 8.20. The quantitative estimate of drug-likeness (QED) is 0.891. The smallest absolute Gasteiger partial charge is 0.251 e. The molecule has 2 unspecified atom stereocenters. The summed E-state index contributed by atoms with van der Waals surface area (Å²) in [5.74, 6) is -0.0986. The van der Waals surface area contributed by atoms with Gasteiger partial charge in [0.1, 0.15) is 0 Å². The van der Waals surface area contributed by atoms with E-state index >= 15 is 0 Å². The Morgan fingerprint density at radius 2 is 1.96 bits per heavy atom. The molecule has 0 bridgehead atoms. The molecule has 2 atom stereocenters. The zero-order valence-electron chi connectivity index (χ0n) is 14.3. The van der Waals surface area contributed by atoms with Crippen molar-refractivity contribution in [3.63, 3.8) is 0 Å². The van der Waals surface area contributed by atoms with E-state index in [1.807, 2.05) is 26.1 Å². The zero-order chi connectivity index (χ0) is 17.0. The second-order valence-electron chi connectivity index (χ2n) is 6.77. The molecule has 0 aromatic heterocycles. The minimum Gasteiger partial charge on any atom is -0.355 e. The van der Waals surface area contributed by atoms with Gasteiger partial charge < -0.3 is 16.0 Å². The van der Waals surface area contributed by atoms with Crippen LogP contribution in [0.25, 0.3) is 0 Å². The van der Waals surface area contributed by atoms with E-state index < -0.39 is 5.54 Å². The first kappa shape index (κ1) is 17.5. The third-order valence-corrected chi connectivity index (χ3v) is 4.79. The van der Waals surface area contributed by atoms with Crippen LogP contribution in [0.3, 0.4) is 0 Å². The Morgan fingerprint density at radius 1 is 1.30 bits per heavy atom. The van der Waals surface area contributed by atoms with Gasteiger partial charge >= 0.3 is 0 Å². The van der Waals surface area contributed by atoms with Crippen LogP contribution in [0, 0.1) is 5.92 Å². The molecule has 0 saturated heterocycles. The molecule has 23 heavy (non-hydrogen) atoms. The molecule has 1 aliphatic carbocycles. The van der Waals surface area contributed by atoms with Gasteiger partial charge in [0.05, 0.1) is 5.92 Å². The summed E-state index contributed by atoms with van der Waals surface area (Å²) in [7, 11) is 3.43. The van der Waals surface area contributed by atoms with E-state index in [1.165, 1.54) is 0 Å². The van der Waals surface area contributed by atoms with Gasteiger partial charge in [0.2, 0.25) is 5.91 Å². The van der Waals surface area contributed by atoms with E-state index in [2.05, 4.69) is 5.32 Å². The van der Waals surface area contributed by atoms with Gasteiger partial charge in [-0.15, -0.1) is 0 Å².